The topological polar surface area (TPSA) is 90.5 Å². The number of ether oxygens (including phenoxy) is 1. The molecule has 0 aliphatic carbocycles. The first-order valence-electron chi connectivity index (χ1n) is 17.1. The smallest absolute Gasteiger partial charge is 0.356 e. The Kier molecular flexibility index (Phi) is 9.56. The van der Waals surface area contributed by atoms with Crippen molar-refractivity contribution in [2.45, 2.75) is 28.8 Å². The number of nitrogens with two attached hydrogens (primary N) is 1. The molecular formula is C43H36N4O3S2. The fourth-order valence-corrected chi connectivity index (χ4v) is 9.55. The second kappa shape index (κ2) is 14.7. The predicted molar refractivity (Wildman–Crippen MR) is 207 cm³/mol. The van der Waals surface area contributed by atoms with Crippen LogP contribution in [0.4, 0.5) is 0 Å². The van der Waals surface area contributed by atoms with Gasteiger partial charge in [-0.3, -0.25) is 14.4 Å². The molecule has 52 heavy (non-hydrogen) atoms. The second-order valence-electron chi connectivity index (χ2n) is 12.7. The molecule has 9 heteroatoms. The van der Waals surface area contributed by atoms with Gasteiger partial charge in [0.2, 0.25) is 5.91 Å². The molecule has 1 amide bonds. The van der Waals surface area contributed by atoms with Gasteiger partial charge in [-0.1, -0.05) is 152 Å². The van der Waals surface area contributed by atoms with E-state index in [1.807, 2.05) is 89.7 Å². The van der Waals surface area contributed by atoms with Crippen LogP contribution in [0, 0.1) is 0 Å². The van der Waals surface area contributed by atoms with Crippen LogP contribution in [0.25, 0.3) is 0 Å². The molecule has 1 saturated heterocycles. The molecule has 0 spiro atoms. The molecule has 2 N–H and O–H groups in total. The molecule has 2 aliphatic rings. The van der Waals surface area contributed by atoms with Crippen LogP contribution >= 0.6 is 23.5 Å². The third-order valence-electron chi connectivity index (χ3n) is 9.56. The number of rotatable bonds is 11. The van der Waals surface area contributed by atoms with Crippen LogP contribution in [0.2, 0.25) is 0 Å². The van der Waals surface area contributed by atoms with Crippen LogP contribution in [0.1, 0.15) is 39.5 Å². The maximum absolute atomic E-state index is 14.3. The van der Waals surface area contributed by atoms with Gasteiger partial charge in [0.1, 0.15) is 22.7 Å². The zero-order valence-electron chi connectivity index (χ0n) is 28.2. The Morgan fingerprint density at radius 2 is 1.27 bits per heavy atom. The summed E-state index contributed by atoms with van der Waals surface area (Å²) in [6.07, 6.45) is 3.33. The number of benzene rings is 5. The summed E-state index contributed by atoms with van der Waals surface area (Å²) < 4.78 is 8.35. The number of thioether (sulfide) groups is 2. The van der Waals surface area contributed by atoms with Crippen LogP contribution < -0.4 is 5.73 Å². The number of hydrogen-bond acceptors (Lipinski definition) is 7. The molecule has 258 valence electrons. The maximum atomic E-state index is 14.3. The first-order chi connectivity index (χ1) is 25.6. The fraction of sp³-hybridized carbons (Fsp3) is 0.140. The highest BCUT2D eigenvalue weighted by Gasteiger charge is 2.52. The number of nitrogens with zero attached hydrogens (tertiary/aromatic N) is 3. The van der Waals surface area contributed by atoms with Crippen molar-refractivity contribution in [1.82, 2.24) is 14.7 Å². The summed E-state index contributed by atoms with van der Waals surface area (Å²) in [6.45, 7) is 0. The largest absolute Gasteiger partial charge is 0.448 e. The molecule has 0 unspecified atom stereocenters. The van der Waals surface area contributed by atoms with Crippen molar-refractivity contribution in [2.24, 2.45) is 5.73 Å². The van der Waals surface area contributed by atoms with Gasteiger partial charge in [0.25, 0.3) is 0 Å². The molecule has 0 radical (unpaired) electrons. The van der Waals surface area contributed by atoms with Crippen LogP contribution in [0.5, 0.6) is 0 Å². The summed E-state index contributed by atoms with van der Waals surface area (Å²) in [5.74, 6) is 0.247. The van der Waals surface area contributed by atoms with Crippen molar-refractivity contribution in [2.75, 3.05) is 5.75 Å². The number of β-lactam (4-membered cyclic amide) rings is 1. The molecule has 3 heterocycles. The summed E-state index contributed by atoms with van der Waals surface area (Å²) in [6, 6.07) is 49.9. The van der Waals surface area contributed by atoms with Gasteiger partial charge in [0.15, 0.2) is 6.10 Å². The third-order valence-corrected chi connectivity index (χ3v) is 12.2. The van der Waals surface area contributed by atoms with E-state index in [9.17, 15) is 9.59 Å². The molecule has 7 nitrogen and oxygen atoms in total. The minimum atomic E-state index is -0.737. The van der Waals surface area contributed by atoms with E-state index in [-0.39, 0.29) is 17.0 Å². The highest BCUT2D eigenvalue weighted by molar-refractivity contribution is 8.05. The molecule has 1 fully saturated rings. The summed E-state index contributed by atoms with van der Waals surface area (Å²) >= 11 is 3.10. The van der Waals surface area contributed by atoms with Crippen molar-refractivity contribution in [1.29, 1.82) is 0 Å². The Balaban J connectivity index is 1.14. The third kappa shape index (κ3) is 6.15. The lowest BCUT2D eigenvalue weighted by Gasteiger charge is -2.48. The summed E-state index contributed by atoms with van der Waals surface area (Å²) in [5.41, 5.74) is 11.7. The minimum absolute atomic E-state index is 0.274. The lowest BCUT2D eigenvalue weighted by molar-refractivity contribution is -0.152. The van der Waals surface area contributed by atoms with Gasteiger partial charge in [0, 0.05) is 28.2 Å². The number of esters is 1. The van der Waals surface area contributed by atoms with E-state index in [0.29, 0.717) is 11.5 Å². The van der Waals surface area contributed by atoms with E-state index < -0.39 is 23.7 Å². The average molecular weight is 721 g/mol. The Labute approximate surface area is 311 Å². The van der Waals surface area contributed by atoms with E-state index >= 15 is 0 Å². The predicted octanol–water partition coefficient (Wildman–Crippen LogP) is 7.74. The number of amides is 1. The minimum Gasteiger partial charge on any atom is -0.448 e. The second-order valence-corrected chi connectivity index (χ2v) is 14.9. The zero-order chi connectivity index (χ0) is 35.5. The highest BCUT2D eigenvalue weighted by Crippen LogP contribution is 2.45. The van der Waals surface area contributed by atoms with Crippen LogP contribution in [-0.2, 0) is 25.6 Å². The number of aromatic nitrogens is 2. The van der Waals surface area contributed by atoms with Crippen LogP contribution in [0.15, 0.2) is 175 Å². The van der Waals surface area contributed by atoms with Crippen molar-refractivity contribution < 1.29 is 14.3 Å². The lowest BCUT2D eigenvalue weighted by Crippen LogP contribution is -2.68. The summed E-state index contributed by atoms with van der Waals surface area (Å²) in [5, 5.41) is 4.70. The number of carbonyl (C=O) groups is 2. The van der Waals surface area contributed by atoms with Gasteiger partial charge in [-0.2, -0.15) is 5.10 Å². The fourth-order valence-electron chi connectivity index (χ4n) is 7.06. The molecule has 6 aromatic rings. The number of hydrogen-bond donors (Lipinski definition) is 1. The average Bonchev–Trinajstić information content (AvgIpc) is 3.69. The Morgan fingerprint density at radius 1 is 0.788 bits per heavy atom. The van der Waals surface area contributed by atoms with Crippen LogP contribution in [0.3, 0.4) is 0 Å². The summed E-state index contributed by atoms with van der Waals surface area (Å²) in [4.78, 5) is 29.8. The van der Waals surface area contributed by atoms with Gasteiger partial charge in [-0.25, -0.2) is 4.79 Å². The molecule has 1 aromatic heterocycles. The first-order valence-corrected chi connectivity index (χ1v) is 19.2. The zero-order valence-corrected chi connectivity index (χ0v) is 29.8. The van der Waals surface area contributed by atoms with Crippen molar-refractivity contribution in [3.8, 4) is 0 Å². The normalized spacial score (nSPS) is 17.1. The van der Waals surface area contributed by atoms with Crippen molar-refractivity contribution in [3.63, 3.8) is 0 Å². The van der Waals surface area contributed by atoms with E-state index in [0.717, 1.165) is 38.3 Å². The first kappa shape index (κ1) is 33.8. The number of fused-ring (bicyclic) bond motifs is 1. The van der Waals surface area contributed by atoms with Gasteiger partial charge >= 0.3 is 5.97 Å². The molecule has 8 rings (SSSR count). The van der Waals surface area contributed by atoms with E-state index in [1.165, 1.54) is 16.7 Å². The van der Waals surface area contributed by atoms with E-state index in [1.54, 1.807) is 11.8 Å². The molecule has 5 aromatic carbocycles. The van der Waals surface area contributed by atoms with Crippen molar-refractivity contribution in [3.05, 3.63) is 208 Å². The van der Waals surface area contributed by atoms with E-state index in [2.05, 4.69) is 79.0 Å². The van der Waals surface area contributed by atoms with Gasteiger partial charge in [0.05, 0.1) is 6.20 Å². The quantitative estimate of drug-likeness (QED) is 0.0832. The standard InChI is InChI=1S/C43H36N4O3S2/c44-37-40(48)47-38(42(49)50-39(31-16-6-1-7-17-31)32-18-8-2-9-19-32)36(29-52-41(37)47)51-28-30-26-45-46(27-30)43(33-20-10-3-11-21-33,34-22-12-4-13-23-34)35-24-14-5-15-25-35/h1-27,37,39,41H,28-29,44H2/t37-,41-/m1/s1. The van der Waals surface area contributed by atoms with E-state index in [4.69, 9.17) is 15.6 Å². The number of carbonyl (C=O) groups excluding carboxylic acids is 2. The van der Waals surface area contributed by atoms with Gasteiger partial charge < -0.3 is 10.5 Å². The van der Waals surface area contributed by atoms with Gasteiger partial charge in [-0.15, -0.1) is 23.5 Å². The molecule has 2 atom stereocenters. The SMILES string of the molecule is N[C@@H]1C(=O)N2C(C(=O)OC(c3ccccc3)c3ccccc3)=C(SCc3cnn(C(c4ccccc4)(c4ccccc4)c4ccccc4)c3)CS[C@H]12. The molecule has 0 saturated carbocycles. The van der Waals surface area contributed by atoms with Crippen LogP contribution in [-0.4, -0.2) is 43.7 Å². The van der Waals surface area contributed by atoms with Crippen molar-refractivity contribution >= 4 is 35.4 Å². The highest BCUT2D eigenvalue weighted by atomic mass is 32.2. The molecule has 2 aliphatic heterocycles. The Bertz CT molecular complexity index is 2060. The molecular weight excluding hydrogens is 685 g/mol. The lowest BCUT2D eigenvalue weighted by atomic mass is 9.77. The monoisotopic (exact) mass is 720 g/mol. The Hall–Kier alpha value is -5.35. The maximum Gasteiger partial charge on any atom is 0.356 e. The summed E-state index contributed by atoms with van der Waals surface area (Å²) in [7, 11) is 0. The van der Waals surface area contributed by atoms with Gasteiger partial charge in [-0.05, 0) is 27.8 Å². The Morgan fingerprint density at radius 3 is 1.77 bits per heavy atom. The molecule has 0 bridgehead atoms.